The number of aryl methyl sites for hydroxylation is 2. The van der Waals surface area contributed by atoms with E-state index in [9.17, 15) is 14.4 Å². The van der Waals surface area contributed by atoms with Crippen molar-refractivity contribution in [3.63, 3.8) is 0 Å². The molecule has 0 spiro atoms. The molecule has 1 unspecified atom stereocenters. The molecule has 0 bridgehead atoms. The van der Waals surface area contributed by atoms with Gasteiger partial charge in [-0.25, -0.2) is 0 Å². The topological polar surface area (TPSA) is 107 Å². The standard InChI is InChI=1S/C24H23N5O3/c1-13-7-8-16(11-14(13)2)25-22(31)17-12-19(30)26-21-20(17)23(32)28-24(27-21)29-10-9-15-5-3-4-6-18(15)29/h3-8,11,17H,9-10,12H2,1-2H3,(H,25,31)(H2,26,27,28,30,32). The van der Waals surface area contributed by atoms with Crippen LogP contribution in [-0.2, 0) is 16.0 Å². The van der Waals surface area contributed by atoms with Gasteiger partial charge in [-0.05, 0) is 55.2 Å². The number of para-hydroxylation sites is 1. The molecule has 0 saturated carbocycles. The fraction of sp³-hybridized carbons (Fsp3) is 0.250. The van der Waals surface area contributed by atoms with Crippen LogP contribution in [0.25, 0.3) is 0 Å². The van der Waals surface area contributed by atoms with Crippen molar-refractivity contribution in [1.29, 1.82) is 0 Å². The normalized spacial score (nSPS) is 16.9. The molecule has 3 N–H and O–H groups in total. The third-order valence-corrected chi connectivity index (χ3v) is 6.17. The Morgan fingerprint density at radius 2 is 1.94 bits per heavy atom. The van der Waals surface area contributed by atoms with Crippen molar-refractivity contribution in [1.82, 2.24) is 9.97 Å². The minimum absolute atomic E-state index is 0.111. The number of aromatic nitrogens is 2. The molecule has 2 aromatic carbocycles. The molecular formula is C24H23N5O3. The van der Waals surface area contributed by atoms with Crippen LogP contribution >= 0.6 is 0 Å². The molecule has 0 radical (unpaired) electrons. The monoisotopic (exact) mass is 429 g/mol. The van der Waals surface area contributed by atoms with E-state index >= 15 is 0 Å². The number of H-pyrrole nitrogens is 1. The second-order valence-electron chi connectivity index (χ2n) is 8.28. The molecule has 2 aliphatic heterocycles. The van der Waals surface area contributed by atoms with E-state index in [2.05, 4.69) is 20.6 Å². The number of anilines is 4. The highest BCUT2D eigenvalue weighted by Crippen LogP contribution is 2.35. The first-order valence-electron chi connectivity index (χ1n) is 10.6. The van der Waals surface area contributed by atoms with E-state index < -0.39 is 17.4 Å². The second kappa shape index (κ2) is 7.64. The average Bonchev–Trinajstić information content (AvgIpc) is 3.19. The minimum Gasteiger partial charge on any atom is -0.326 e. The van der Waals surface area contributed by atoms with Crippen LogP contribution in [0.5, 0.6) is 0 Å². The number of hydrogen-bond donors (Lipinski definition) is 3. The molecule has 1 aromatic heterocycles. The summed E-state index contributed by atoms with van der Waals surface area (Å²) in [5, 5.41) is 5.52. The van der Waals surface area contributed by atoms with E-state index in [1.54, 1.807) is 6.07 Å². The van der Waals surface area contributed by atoms with Crippen LogP contribution in [0.4, 0.5) is 23.1 Å². The molecule has 32 heavy (non-hydrogen) atoms. The van der Waals surface area contributed by atoms with Gasteiger partial charge < -0.3 is 15.5 Å². The zero-order valence-electron chi connectivity index (χ0n) is 17.9. The first kappa shape index (κ1) is 20.0. The highest BCUT2D eigenvalue weighted by molar-refractivity contribution is 6.04. The Kier molecular flexibility index (Phi) is 4.77. The molecule has 8 heteroatoms. The molecule has 0 saturated heterocycles. The molecule has 5 rings (SSSR count). The van der Waals surface area contributed by atoms with Gasteiger partial charge in [0.05, 0.1) is 11.5 Å². The van der Waals surface area contributed by atoms with E-state index in [0.29, 0.717) is 18.2 Å². The average molecular weight is 429 g/mol. The summed E-state index contributed by atoms with van der Waals surface area (Å²) in [7, 11) is 0. The van der Waals surface area contributed by atoms with E-state index in [1.807, 2.05) is 55.1 Å². The number of nitrogens with zero attached hydrogens (tertiary/aromatic N) is 2. The van der Waals surface area contributed by atoms with Crippen molar-refractivity contribution in [2.24, 2.45) is 0 Å². The van der Waals surface area contributed by atoms with E-state index in [4.69, 9.17) is 0 Å². The van der Waals surface area contributed by atoms with Gasteiger partial charge in [0.1, 0.15) is 5.82 Å². The molecule has 3 aromatic rings. The van der Waals surface area contributed by atoms with Crippen LogP contribution in [0.1, 0.15) is 34.6 Å². The lowest BCUT2D eigenvalue weighted by Crippen LogP contribution is -2.37. The number of rotatable bonds is 3. The van der Waals surface area contributed by atoms with Crippen LogP contribution in [-0.4, -0.2) is 28.3 Å². The van der Waals surface area contributed by atoms with Crippen LogP contribution in [0.3, 0.4) is 0 Å². The van der Waals surface area contributed by atoms with Gasteiger partial charge in [0.2, 0.25) is 17.8 Å². The molecule has 0 aliphatic carbocycles. The molecule has 1 atom stereocenters. The first-order chi connectivity index (χ1) is 15.4. The van der Waals surface area contributed by atoms with Crippen LogP contribution < -0.4 is 21.1 Å². The maximum absolute atomic E-state index is 13.1. The number of aromatic amines is 1. The van der Waals surface area contributed by atoms with E-state index in [0.717, 1.165) is 23.2 Å². The Labute approximate surface area is 184 Å². The van der Waals surface area contributed by atoms with Gasteiger partial charge in [0.15, 0.2) is 0 Å². The van der Waals surface area contributed by atoms with Crippen molar-refractivity contribution in [2.75, 3.05) is 22.1 Å². The second-order valence-corrected chi connectivity index (χ2v) is 8.28. The van der Waals surface area contributed by atoms with Crippen molar-refractivity contribution in [3.05, 3.63) is 75.1 Å². The number of fused-ring (bicyclic) bond motifs is 2. The SMILES string of the molecule is Cc1ccc(NC(=O)C2CC(=O)Nc3nc(N4CCc5ccccc54)[nH]c(=O)c32)cc1C. The first-order valence-corrected chi connectivity index (χ1v) is 10.6. The van der Waals surface area contributed by atoms with Crippen molar-refractivity contribution >= 4 is 35.0 Å². The third-order valence-electron chi connectivity index (χ3n) is 6.17. The lowest BCUT2D eigenvalue weighted by atomic mass is 9.92. The Morgan fingerprint density at radius 3 is 2.75 bits per heavy atom. The fourth-order valence-corrected chi connectivity index (χ4v) is 4.32. The van der Waals surface area contributed by atoms with Gasteiger partial charge in [-0.15, -0.1) is 0 Å². The van der Waals surface area contributed by atoms with Gasteiger partial charge in [-0.3, -0.25) is 19.4 Å². The maximum atomic E-state index is 13.1. The number of carbonyl (C=O) groups is 2. The van der Waals surface area contributed by atoms with Crippen molar-refractivity contribution < 1.29 is 9.59 Å². The quantitative estimate of drug-likeness (QED) is 0.593. The number of carbonyl (C=O) groups excluding carboxylic acids is 2. The summed E-state index contributed by atoms with van der Waals surface area (Å²) in [6, 6.07) is 13.5. The van der Waals surface area contributed by atoms with Gasteiger partial charge in [0, 0.05) is 24.3 Å². The van der Waals surface area contributed by atoms with Gasteiger partial charge in [-0.2, -0.15) is 4.98 Å². The van der Waals surface area contributed by atoms with E-state index in [1.165, 1.54) is 5.56 Å². The summed E-state index contributed by atoms with van der Waals surface area (Å²) < 4.78 is 0. The van der Waals surface area contributed by atoms with Crippen LogP contribution in [0, 0.1) is 13.8 Å². The zero-order valence-corrected chi connectivity index (χ0v) is 17.9. The van der Waals surface area contributed by atoms with Crippen molar-refractivity contribution in [3.8, 4) is 0 Å². The number of nitrogens with one attached hydrogen (secondary N) is 3. The lowest BCUT2D eigenvalue weighted by Gasteiger charge is -2.25. The largest absolute Gasteiger partial charge is 0.326 e. The summed E-state index contributed by atoms with van der Waals surface area (Å²) in [5.74, 6) is -1.17. The summed E-state index contributed by atoms with van der Waals surface area (Å²) in [5.41, 5.74) is 4.68. The molecule has 162 valence electrons. The summed E-state index contributed by atoms with van der Waals surface area (Å²) in [6.45, 7) is 4.62. The van der Waals surface area contributed by atoms with E-state index in [-0.39, 0.29) is 23.7 Å². The van der Waals surface area contributed by atoms with Crippen LogP contribution in [0.15, 0.2) is 47.3 Å². The Bertz CT molecular complexity index is 1310. The summed E-state index contributed by atoms with van der Waals surface area (Å²) in [4.78, 5) is 47.8. The van der Waals surface area contributed by atoms with Crippen molar-refractivity contribution in [2.45, 2.75) is 32.6 Å². The Balaban J connectivity index is 1.49. The number of hydrogen-bond acceptors (Lipinski definition) is 5. The molecular weight excluding hydrogens is 406 g/mol. The molecule has 2 aliphatic rings. The summed E-state index contributed by atoms with van der Waals surface area (Å²) >= 11 is 0. The third kappa shape index (κ3) is 3.43. The minimum atomic E-state index is -0.920. The Morgan fingerprint density at radius 1 is 1.12 bits per heavy atom. The molecule has 0 fully saturated rings. The summed E-state index contributed by atoms with van der Waals surface area (Å²) in [6.07, 6.45) is 0.727. The molecule has 2 amide bonds. The molecule has 8 nitrogen and oxygen atoms in total. The lowest BCUT2D eigenvalue weighted by molar-refractivity contribution is -0.123. The number of benzene rings is 2. The van der Waals surface area contributed by atoms with Gasteiger partial charge in [-0.1, -0.05) is 24.3 Å². The van der Waals surface area contributed by atoms with Crippen LogP contribution in [0.2, 0.25) is 0 Å². The fourth-order valence-electron chi connectivity index (χ4n) is 4.32. The predicted octanol–water partition coefficient (Wildman–Crippen LogP) is 3.15. The molecule has 3 heterocycles. The Hall–Kier alpha value is -3.94. The van der Waals surface area contributed by atoms with Gasteiger partial charge in [0.25, 0.3) is 5.56 Å². The maximum Gasteiger partial charge on any atom is 0.258 e. The van der Waals surface area contributed by atoms with Gasteiger partial charge >= 0.3 is 0 Å². The number of amides is 2. The smallest absolute Gasteiger partial charge is 0.258 e. The highest BCUT2D eigenvalue weighted by atomic mass is 16.2. The highest BCUT2D eigenvalue weighted by Gasteiger charge is 2.35. The zero-order chi connectivity index (χ0) is 22.4. The predicted molar refractivity (Wildman–Crippen MR) is 123 cm³/mol.